The van der Waals surface area contributed by atoms with Gasteiger partial charge in [-0.3, -0.25) is 4.90 Å². The van der Waals surface area contributed by atoms with Crippen LogP contribution in [-0.4, -0.2) is 29.3 Å². The van der Waals surface area contributed by atoms with E-state index in [1.807, 2.05) is 20.8 Å². The Morgan fingerprint density at radius 3 is 2.37 bits per heavy atom. The average molecular weight is 270 g/mol. The third-order valence-corrected chi connectivity index (χ3v) is 3.76. The van der Waals surface area contributed by atoms with Crippen LogP contribution >= 0.6 is 0 Å². The molecule has 1 atom stereocenters. The lowest BCUT2D eigenvalue weighted by Crippen LogP contribution is -2.45. The number of nitrogens with two attached hydrogens (primary N) is 1. The molecule has 1 aliphatic rings. The minimum Gasteiger partial charge on any atom is -0.444 e. The molecule has 4 heteroatoms. The maximum absolute atomic E-state index is 12.1. The summed E-state index contributed by atoms with van der Waals surface area (Å²) >= 11 is 0. The van der Waals surface area contributed by atoms with Gasteiger partial charge in [0.1, 0.15) is 5.60 Å². The van der Waals surface area contributed by atoms with Gasteiger partial charge in [0, 0.05) is 6.04 Å². The lowest BCUT2D eigenvalue weighted by Gasteiger charge is -2.33. The first-order valence-corrected chi connectivity index (χ1v) is 7.53. The Balaban J connectivity index is 2.50. The van der Waals surface area contributed by atoms with Crippen molar-refractivity contribution in [3.8, 4) is 0 Å². The number of ether oxygens (including phenoxy) is 1. The third-order valence-electron chi connectivity index (χ3n) is 3.76. The van der Waals surface area contributed by atoms with Gasteiger partial charge in [-0.25, -0.2) is 4.79 Å². The smallest absolute Gasteiger partial charge is 0.411 e. The second-order valence-corrected chi connectivity index (χ2v) is 6.72. The van der Waals surface area contributed by atoms with Gasteiger partial charge in [0.15, 0.2) is 0 Å². The SMILES string of the molecule is C[C@@H](CC1CCCCC1)N(CN)C(=O)OC(C)(C)C. The van der Waals surface area contributed by atoms with Gasteiger partial charge in [-0.05, 0) is 40.0 Å². The minimum atomic E-state index is -0.463. The van der Waals surface area contributed by atoms with Gasteiger partial charge in [0.05, 0.1) is 6.67 Å². The summed E-state index contributed by atoms with van der Waals surface area (Å²) in [4.78, 5) is 13.7. The van der Waals surface area contributed by atoms with E-state index in [1.165, 1.54) is 32.1 Å². The van der Waals surface area contributed by atoms with Gasteiger partial charge in [-0.2, -0.15) is 0 Å². The van der Waals surface area contributed by atoms with Crippen molar-refractivity contribution in [2.45, 2.75) is 77.9 Å². The van der Waals surface area contributed by atoms with Gasteiger partial charge < -0.3 is 10.5 Å². The summed E-state index contributed by atoms with van der Waals surface area (Å²) in [6.07, 6.45) is 7.33. The van der Waals surface area contributed by atoms with Gasteiger partial charge in [-0.1, -0.05) is 32.1 Å². The van der Waals surface area contributed by atoms with Crippen LogP contribution in [0, 0.1) is 5.92 Å². The fourth-order valence-electron chi connectivity index (χ4n) is 2.79. The first-order chi connectivity index (χ1) is 8.83. The van der Waals surface area contributed by atoms with Crippen LogP contribution in [-0.2, 0) is 4.74 Å². The van der Waals surface area contributed by atoms with Crippen LogP contribution in [0.25, 0.3) is 0 Å². The molecule has 0 aliphatic heterocycles. The Morgan fingerprint density at radius 2 is 1.89 bits per heavy atom. The number of amides is 1. The molecule has 1 amide bonds. The van der Waals surface area contributed by atoms with Crippen molar-refractivity contribution in [3.05, 3.63) is 0 Å². The quantitative estimate of drug-likeness (QED) is 0.795. The van der Waals surface area contributed by atoms with Crippen molar-refractivity contribution in [1.82, 2.24) is 4.90 Å². The fourth-order valence-corrected chi connectivity index (χ4v) is 2.79. The number of rotatable bonds is 4. The van der Waals surface area contributed by atoms with Crippen LogP contribution < -0.4 is 5.73 Å². The summed E-state index contributed by atoms with van der Waals surface area (Å²) < 4.78 is 5.41. The van der Waals surface area contributed by atoms with Crippen LogP contribution in [0.3, 0.4) is 0 Å². The first kappa shape index (κ1) is 16.3. The monoisotopic (exact) mass is 270 g/mol. The lowest BCUT2D eigenvalue weighted by molar-refractivity contribution is 0.0155. The van der Waals surface area contributed by atoms with E-state index in [0.29, 0.717) is 0 Å². The van der Waals surface area contributed by atoms with Crippen LogP contribution in [0.2, 0.25) is 0 Å². The van der Waals surface area contributed by atoms with Gasteiger partial charge in [0.25, 0.3) is 0 Å². The highest BCUT2D eigenvalue weighted by Gasteiger charge is 2.27. The summed E-state index contributed by atoms with van der Waals surface area (Å²) in [6, 6.07) is 0.156. The molecule has 0 aromatic rings. The highest BCUT2D eigenvalue weighted by atomic mass is 16.6. The van der Waals surface area contributed by atoms with E-state index >= 15 is 0 Å². The molecular formula is C15H30N2O2. The van der Waals surface area contributed by atoms with Crippen molar-refractivity contribution in [1.29, 1.82) is 0 Å². The Kier molecular flexibility index (Phi) is 6.11. The Bertz CT molecular complexity index is 280. The molecule has 0 aromatic heterocycles. The van der Waals surface area contributed by atoms with Crippen LogP contribution in [0.15, 0.2) is 0 Å². The normalized spacial score (nSPS) is 19.0. The molecule has 0 unspecified atom stereocenters. The maximum atomic E-state index is 12.1. The molecular weight excluding hydrogens is 240 g/mol. The molecule has 19 heavy (non-hydrogen) atoms. The Labute approximate surface area is 117 Å². The zero-order valence-electron chi connectivity index (χ0n) is 12.9. The second-order valence-electron chi connectivity index (χ2n) is 6.72. The van der Waals surface area contributed by atoms with Crippen molar-refractivity contribution in [2.24, 2.45) is 11.7 Å². The largest absolute Gasteiger partial charge is 0.444 e. The minimum absolute atomic E-state index is 0.156. The van der Waals surface area contributed by atoms with Crippen LogP contribution in [0.5, 0.6) is 0 Å². The van der Waals surface area contributed by atoms with Crippen LogP contribution in [0.4, 0.5) is 4.79 Å². The van der Waals surface area contributed by atoms with E-state index in [2.05, 4.69) is 6.92 Å². The molecule has 1 fully saturated rings. The van der Waals surface area contributed by atoms with E-state index in [9.17, 15) is 4.79 Å². The van der Waals surface area contributed by atoms with E-state index in [-0.39, 0.29) is 18.8 Å². The highest BCUT2D eigenvalue weighted by molar-refractivity contribution is 5.68. The molecule has 1 saturated carbocycles. The molecule has 1 aliphatic carbocycles. The van der Waals surface area contributed by atoms with E-state index in [0.717, 1.165) is 12.3 Å². The summed E-state index contributed by atoms with van der Waals surface area (Å²) in [5, 5.41) is 0. The topological polar surface area (TPSA) is 55.6 Å². The second kappa shape index (κ2) is 7.13. The fraction of sp³-hybridized carbons (Fsp3) is 0.933. The predicted molar refractivity (Wildman–Crippen MR) is 77.8 cm³/mol. The zero-order chi connectivity index (χ0) is 14.5. The van der Waals surface area contributed by atoms with Gasteiger partial charge in [-0.15, -0.1) is 0 Å². The first-order valence-electron chi connectivity index (χ1n) is 7.53. The molecule has 0 radical (unpaired) electrons. The van der Waals surface area contributed by atoms with E-state index in [1.54, 1.807) is 4.90 Å². The van der Waals surface area contributed by atoms with E-state index in [4.69, 9.17) is 10.5 Å². The summed E-state index contributed by atoms with van der Waals surface area (Å²) in [5.41, 5.74) is 5.26. The van der Waals surface area contributed by atoms with Gasteiger partial charge >= 0.3 is 6.09 Å². The molecule has 0 heterocycles. The standard InChI is InChI=1S/C15H30N2O2/c1-12(10-13-8-6-5-7-9-13)17(11-16)14(18)19-15(2,3)4/h12-13H,5-11,16H2,1-4H3/t12-/m0/s1. The Hall–Kier alpha value is -0.770. The summed E-state index contributed by atoms with van der Waals surface area (Å²) in [5.74, 6) is 0.736. The van der Waals surface area contributed by atoms with Crippen molar-refractivity contribution in [3.63, 3.8) is 0 Å². The van der Waals surface area contributed by atoms with Crippen molar-refractivity contribution in [2.75, 3.05) is 6.67 Å². The number of carbonyl (C=O) groups excluding carboxylic acids is 1. The Morgan fingerprint density at radius 1 is 1.32 bits per heavy atom. The van der Waals surface area contributed by atoms with E-state index < -0.39 is 5.60 Å². The third kappa shape index (κ3) is 5.81. The summed E-state index contributed by atoms with van der Waals surface area (Å²) in [6.45, 7) is 7.94. The highest BCUT2D eigenvalue weighted by Crippen LogP contribution is 2.28. The summed E-state index contributed by atoms with van der Waals surface area (Å²) in [7, 11) is 0. The van der Waals surface area contributed by atoms with Crippen LogP contribution in [0.1, 0.15) is 66.2 Å². The molecule has 0 saturated heterocycles. The number of hydrogen-bond donors (Lipinski definition) is 1. The van der Waals surface area contributed by atoms with Crippen molar-refractivity contribution >= 4 is 6.09 Å². The predicted octanol–water partition coefficient (Wildman–Crippen LogP) is 3.50. The molecule has 0 bridgehead atoms. The molecule has 112 valence electrons. The number of nitrogens with zero attached hydrogens (tertiary/aromatic N) is 1. The molecule has 0 spiro atoms. The molecule has 1 rings (SSSR count). The zero-order valence-corrected chi connectivity index (χ0v) is 12.9. The lowest BCUT2D eigenvalue weighted by atomic mass is 9.85. The molecule has 4 nitrogen and oxygen atoms in total. The van der Waals surface area contributed by atoms with Gasteiger partial charge in [0.2, 0.25) is 0 Å². The van der Waals surface area contributed by atoms with Crippen molar-refractivity contribution < 1.29 is 9.53 Å². The molecule has 2 N–H and O–H groups in total. The maximum Gasteiger partial charge on any atom is 0.411 e. The molecule has 0 aromatic carbocycles. The number of carbonyl (C=O) groups is 1. The number of hydrogen-bond acceptors (Lipinski definition) is 3. The average Bonchev–Trinajstić information content (AvgIpc) is 2.28.